The van der Waals surface area contributed by atoms with Gasteiger partial charge in [0.2, 0.25) is 5.11 Å². The zero-order chi connectivity index (χ0) is 18.5. The lowest BCUT2D eigenvalue weighted by molar-refractivity contribution is 1.12. The smallest absolute Gasteiger partial charge is 0.218 e. The van der Waals surface area contributed by atoms with E-state index in [-0.39, 0.29) is 10.2 Å². The Labute approximate surface area is 161 Å². The van der Waals surface area contributed by atoms with Crippen molar-refractivity contribution in [2.75, 3.05) is 10.7 Å². The number of nitrogens with two attached hydrogens (primary N) is 1. The number of aromatic amines is 1. The minimum absolute atomic E-state index is 0.120. The molecule has 0 unspecified atom stereocenters. The molecular weight excluding hydrogens is 366 g/mol. The fourth-order valence-electron chi connectivity index (χ4n) is 2.40. The van der Waals surface area contributed by atoms with Gasteiger partial charge in [-0.1, -0.05) is 36.4 Å². The van der Waals surface area contributed by atoms with Crippen molar-refractivity contribution < 1.29 is 0 Å². The summed E-state index contributed by atoms with van der Waals surface area (Å²) in [6, 6.07) is 15.5. The molecule has 3 rings (SSSR count). The van der Waals surface area contributed by atoms with Gasteiger partial charge in [0.1, 0.15) is 5.69 Å². The summed E-state index contributed by atoms with van der Waals surface area (Å²) >= 11 is 10.1. The summed E-state index contributed by atoms with van der Waals surface area (Å²) in [6.45, 7) is 1.99. The molecule has 7 nitrogen and oxygen atoms in total. The molecule has 0 aliphatic heterocycles. The van der Waals surface area contributed by atoms with E-state index in [0.717, 1.165) is 22.2 Å². The Balaban J connectivity index is 1.84. The van der Waals surface area contributed by atoms with Gasteiger partial charge < -0.3 is 16.0 Å². The largest absolute Gasteiger partial charge is 0.375 e. The second-order valence-electron chi connectivity index (χ2n) is 5.45. The van der Waals surface area contributed by atoms with Crippen molar-refractivity contribution in [3.8, 4) is 0 Å². The molecule has 0 atom stereocenters. The van der Waals surface area contributed by atoms with Crippen LogP contribution in [0.4, 0.5) is 17.2 Å². The molecule has 2 aromatic carbocycles. The summed E-state index contributed by atoms with van der Waals surface area (Å²) in [5, 5.41) is 12.7. The van der Waals surface area contributed by atoms with E-state index < -0.39 is 0 Å². The summed E-state index contributed by atoms with van der Waals surface area (Å²) in [6.07, 6.45) is 0. The zero-order valence-corrected chi connectivity index (χ0v) is 15.5. The third-order valence-corrected chi connectivity index (χ3v) is 3.91. The summed E-state index contributed by atoms with van der Waals surface area (Å²) in [7, 11) is 0. The number of benzene rings is 2. The molecule has 6 N–H and O–H groups in total. The average molecular weight is 384 g/mol. The van der Waals surface area contributed by atoms with Crippen LogP contribution in [0, 0.1) is 6.92 Å². The second kappa shape index (κ2) is 7.89. The van der Waals surface area contributed by atoms with Gasteiger partial charge in [-0.3, -0.25) is 10.9 Å². The number of hydrogen-bond acceptors (Lipinski definition) is 4. The number of fused-ring (bicyclic) bond motifs is 1. The van der Waals surface area contributed by atoms with Gasteiger partial charge in [-0.05, 0) is 49.1 Å². The van der Waals surface area contributed by atoms with Crippen LogP contribution in [-0.2, 0) is 0 Å². The number of para-hydroxylation sites is 2. The molecule has 0 radical (unpaired) electrons. The van der Waals surface area contributed by atoms with Crippen molar-refractivity contribution in [1.29, 1.82) is 0 Å². The average Bonchev–Trinajstić information content (AvgIpc) is 2.98. The lowest BCUT2D eigenvalue weighted by Crippen LogP contribution is -2.33. The van der Waals surface area contributed by atoms with Gasteiger partial charge in [0.05, 0.1) is 0 Å². The number of azo groups is 1. The molecule has 0 bridgehead atoms. The highest BCUT2D eigenvalue weighted by atomic mass is 32.1. The van der Waals surface area contributed by atoms with E-state index in [2.05, 4.69) is 31.4 Å². The van der Waals surface area contributed by atoms with Crippen LogP contribution in [0.5, 0.6) is 0 Å². The molecule has 0 saturated heterocycles. The van der Waals surface area contributed by atoms with Gasteiger partial charge in [-0.2, -0.15) is 0 Å². The highest BCUT2D eigenvalue weighted by molar-refractivity contribution is 7.80. The number of H-pyrrole nitrogens is 1. The first-order valence-corrected chi connectivity index (χ1v) is 8.57. The second-order valence-corrected chi connectivity index (χ2v) is 6.28. The monoisotopic (exact) mass is 383 g/mol. The lowest BCUT2D eigenvalue weighted by Gasteiger charge is -2.07. The van der Waals surface area contributed by atoms with Gasteiger partial charge in [0.15, 0.2) is 10.9 Å². The van der Waals surface area contributed by atoms with Crippen molar-refractivity contribution >= 4 is 62.8 Å². The van der Waals surface area contributed by atoms with E-state index in [4.69, 9.17) is 30.2 Å². The Kier molecular flexibility index (Phi) is 5.40. The molecule has 0 amide bonds. The zero-order valence-electron chi connectivity index (χ0n) is 13.9. The summed E-state index contributed by atoms with van der Waals surface area (Å²) in [5.74, 6) is 0.504. The third kappa shape index (κ3) is 4.13. The Morgan fingerprint density at radius 2 is 1.81 bits per heavy atom. The number of nitrogens with zero attached hydrogens (tertiary/aromatic N) is 2. The van der Waals surface area contributed by atoms with Gasteiger partial charge in [0.25, 0.3) is 0 Å². The van der Waals surface area contributed by atoms with Crippen molar-refractivity contribution in [2.24, 2.45) is 16.0 Å². The highest BCUT2D eigenvalue weighted by Gasteiger charge is 2.11. The summed E-state index contributed by atoms with van der Waals surface area (Å²) in [5.41, 5.74) is 14.7. The van der Waals surface area contributed by atoms with Crippen molar-refractivity contribution in [1.82, 2.24) is 10.4 Å². The maximum atomic E-state index is 5.49. The van der Waals surface area contributed by atoms with Gasteiger partial charge in [-0.15, -0.1) is 10.2 Å². The minimum atomic E-state index is 0.120. The molecule has 132 valence electrons. The van der Waals surface area contributed by atoms with E-state index in [1.165, 1.54) is 0 Å². The Hall–Kier alpha value is -3.04. The normalized spacial score (nSPS) is 10.8. The van der Waals surface area contributed by atoms with Crippen LogP contribution in [-0.4, -0.2) is 15.2 Å². The summed E-state index contributed by atoms with van der Waals surface area (Å²) in [4.78, 5) is 3.18. The quantitative estimate of drug-likeness (QED) is 0.264. The van der Waals surface area contributed by atoms with Crippen molar-refractivity contribution in [3.63, 3.8) is 0 Å². The molecule has 26 heavy (non-hydrogen) atoms. The van der Waals surface area contributed by atoms with Crippen molar-refractivity contribution in [2.45, 2.75) is 6.92 Å². The van der Waals surface area contributed by atoms with Crippen LogP contribution >= 0.6 is 24.4 Å². The predicted octanol–water partition coefficient (Wildman–Crippen LogP) is 4.12. The number of rotatable bonds is 4. The standard InChI is InChI=1S/C17H17N7S2/c1-10-6-2-4-8-12(10)20-17(26)24-22-15-14(21-23-16(18)25)11-7-3-5-9-13(11)19-15/h2-9,19,21H,1H3,(H,20,26)(H3,18,23,25)/b24-22+. The lowest BCUT2D eigenvalue weighted by atomic mass is 10.2. The first kappa shape index (κ1) is 17.8. The third-order valence-electron chi connectivity index (χ3n) is 3.62. The Morgan fingerprint density at radius 1 is 1.08 bits per heavy atom. The first-order valence-electron chi connectivity index (χ1n) is 7.75. The number of anilines is 2. The SMILES string of the molecule is Cc1ccccc1NC(=S)/N=N/c1[nH]c2ccccc2c1NNC(N)=S. The maximum Gasteiger partial charge on any atom is 0.218 e. The Morgan fingerprint density at radius 3 is 2.58 bits per heavy atom. The van der Waals surface area contributed by atoms with Crippen molar-refractivity contribution in [3.05, 3.63) is 54.1 Å². The van der Waals surface area contributed by atoms with E-state index >= 15 is 0 Å². The fourth-order valence-corrected chi connectivity index (χ4v) is 2.60. The molecule has 0 spiro atoms. The first-order chi connectivity index (χ1) is 12.5. The molecular formula is C17H17N7S2. The summed E-state index contributed by atoms with van der Waals surface area (Å²) < 4.78 is 0. The van der Waals surface area contributed by atoms with Crippen LogP contribution in [0.1, 0.15) is 5.56 Å². The van der Waals surface area contributed by atoms with Gasteiger partial charge in [0, 0.05) is 16.6 Å². The molecule has 0 saturated carbocycles. The molecule has 0 fully saturated rings. The molecule has 0 aliphatic carbocycles. The predicted molar refractivity (Wildman–Crippen MR) is 114 cm³/mol. The number of aryl methyl sites for hydroxylation is 1. The minimum Gasteiger partial charge on any atom is -0.375 e. The van der Waals surface area contributed by atoms with Crippen LogP contribution < -0.4 is 21.9 Å². The van der Waals surface area contributed by atoms with E-state index in [1.54, 1.807) is 0 Å². The highest BCUT2D eigenvalue weighted by Crippen LogP contribution is 2.33. The van der Waals surface area contributed by atoms with Crippen LogP contribution in [0.15, 0.2) is 58.8 Å². The molecule has 3 aromatic rings. The van der Waals surface area contributed by atoms with E-state index in [1.807, 2.05) is 55.5 Å². The number of hydrazine groups is 1. The molecule has 1 heterocycles. The fraction of sp³-hybridized carbons (Fsp3) is 0.0588. The van der Waals surface area contributed by atoms with Crippen LogP contribution in [0.25, 0.3) is 10.9 Å². The topological polar surface area (TPSA) is 103 Å². The number of nitrogens with one attached hydrogen (secondary N) is 4. The molecule has 0 aliphatic rings. The Bertz CT molecular complexity index is 994. The number of hydrogen-bond donors (Lipinski definition) is 5. The number of thiocarbonyl (C=S) groups is 2. The maximum absolute atomic E-state index is 5.49. The molecule has 9 heteroatoms. The van der Waals surface area contributed by atoms with Crippen LogP contribution in [0.2, 0.25) is 0 Å². The van der Waals surface area contributed by atoms with E-state index in [0.29, 0.717) is 11.5 Å². The van der Waals surface area contributed by atoms with Gasteiger partial charge >= 0.3 is 0 Å². The number of aromatic nitrogens is 1. The van der Waals surface area contributed by atoms with Gasteiger partial charge in [-0.25, -0.2) is 0 Å². The van der Waals surface area contributed by atoms with Crippen LogP contribution in [0.3, 0.4) is 0 Å². The molecule has 1 aromatic heterocycles. The van der Waals surface area contributed by atoms with E-state index in [9.17, 15) is 0 Å².